The first kappa shape index (κ1) is 23.7. The van der Waals surface area contributed by atoms with Gasteiger partial charge in [-0.25, -0.2) is 4.39 Å². The van der Waals surface area contributed by atoms with Gasteiger partial charge in [0.15, 0.2) is 0 Å². The first-order valence-electron chi connectivity index (χ1n) is 10.6. The average molecular weight is 448 g/mol. The molecule has 1 aliphatic heterocycles. The lowest BCUT2D eigenvalue weighted by molar-refractivity contribution is -0.0849. The zero-order chi connectivity index (χ0) is 22.6. The molecule has 1 saturated heterocycles. The molecule has 3 rings (SSSR count). The summed E-state index contributed by atoms with van der Waals surface area (Å²) >= 11 is 6.15. The van der Waals surface area contributed by atoms with Crippen molar-refractivity contribution in [2.24, 2.45) is 11.7 Å². The fourth-order valence-corrected chi connectivity index (χ4v) is 4.85. The molecule has 31 heavy (non-hydrogen) atoms. The lowest BCUT2D eigenvalue weighted by Gasteiger charge is -2.46. The Morgan fingerprint density at radius 2 is 2.06 bits per heavy atom. The quantitative estimate of drug-likeness (QED) is 0.651. The van der Waals surface area contributed by atoms with E-state index in [-0.39, 0.29) is 11.7 Å². The number of primary amides is 1. The van der Waals surface area contributed by atoms with Crippen LogP contribution in [0.2, 0.25) is 5.02 Å². The molecule has 2 aromatic rings. The maximum atomic E-state index is 13.2. The second kappa shape index (κ2) is 10.1. The topological polar surface area (TPSA) is 69.8 Å². The first-order valence-corrected chi connectivity index (χ1v) is 11.0. The number of carbonyl (C=O) groups excluding carboxylic acids is 1. The summed E-state index contributed by atoms with van der Waals surface area (Å²) in [5.74, 6) is -0.927. The van der Waals surface area contributed by atoms with E-state index in [1.807, 2.05) is 26.2 Å². The fourth-order valence-electron chi connectivity index (χ4n) is 4.59. The highest BCUT2D eigenvalue weighted by molar-refractivity contribution is 6.31. The van der Waals surface area contributed by atoms with Crippen LogP contribution in [0, 0.1) is 11.7 Å². The molecule has 0 radical (unpaired) electrons. The number of hydrogen-bond donors (Lipinski definition) is 2. The molecular formula is C24H31ClFN3O2. The Labute approximate surface area is 188 Å². The van der Waals surface area contributed by atoms with Crippen LogP contribution in [0.15, 0.2) is 42.5 Å². The average Bonchev–Trinajstić information content (AvgIpc) is 2.71. The molecular weight excluding hydrogens is 417 g/mol. The van der Waals surface area contributed by atoms with Gasteiger partial charge < -0.3 is 20.6 Å². The predicted molar refractivity (Wildman–Crippen MR) is 122 cm³/mol. The van der Waals surface area contributed by atoms with Gasteiger partial charge in [-0.3, -0.25) is 4.79 Å². The summed E-state index contributed by atoms with van der Waals surface area (Å²) in [6.07, 6.45) is 2.17. The Morgan fingerprint density at radius 1 is 1.32 bits per heavy atom. The molecule has 0 saturated carbocycles. The zero-order valence-corrected chi connectivity index (χ0v) is 18.9. The van der Waals surface area contributed by atoms with Gasteiger partial charge >= 0.3 is 0 Å². The smallest absolute Gasteiger partial charge is 0.249 e. The monoisotopic (exact) mass is 447 g/mol. The highest BCUT2D eigenvalue weighted by Crippen LogP contribution is 2.39. The van der Waals surface area contributed by atoms with Crippen molar-refractivity contribution in [1.29, 1.82) is 0 Å². The highest BCUT2D eigenvalue weighted by atomic mass is 35.5. The third-order valence-corrected chi connectivity index (χ3v) is 6.50. The van der Waals surface area contributed by atoms with Crippen LogP contribution >= 0.6 is 11.6 Å². The summed E-state index contributed by atoms with van der Waals surface area (Å²) in [5.41, 5.74) is 6.41. The number of amides is 1. The molecule has 0 aliphatic carbocycles. The minimum Gasteiger partial charge on any atom is -0.385 e. The van der Waals surface area contributed by atoms with Crippen LogP contribution in [-0.2, 0) is 12.0 Å². The number of aliphatic hydroxyl groups is 1. The third kappa shape index (κ3) is 5.63. The number of benzene rings is 2. The van der Waals surface area contributed by atoms with E-state index >= 15 is 0 Å². The molecule has 1 heterocycles. The second-order valence-corrected chi connectivity index (χ2v) is 9.09. The maximum absolute atomic E-state index is 13.2. The number of aryl methyl sites for hydroxylation is 1. The van der Waals surface area contributed by atoms with Crippen molar-refractivity contribution in [2.75, 3.05) is 40.3 Å². The molecule has 2 aromatic carbocycles. The number of nitrogens with two attached hydrogens (primary N) is 1. The summed E-state index contributed by atoms with van der Waals surface area (Å²) in [7, 11) is 3.96. The van der Waals surface area contributed by atoms with Crippen molar-refractivity contribution in [1.82, 2.24) is 9.80 Å². The van der Waals surface area contributed by atoms with Gasteiger partial charge in [0.2, 0.25) is 5.91 Å². The van der Waals surface area contributed by atoms with E-state index in [0.29, 0.717) is 42.2 Å². The largest absolute Gasteiger partial charge is 0.385 e. The van der Waals surface area contributed by atoms with Crippen molar-refractivity contribution in [3.05, 3.63) is 70.0 Å². The number of hydrogen-bond acceptors (Lipinski definition) is 4. The SMILES string of the molecule is CN(C)CC1CN(CCCc2ccc(F)cc2Cl)CCC1(O)c1ccccc1C(N)=O. The number of carbonyl (C=O) groups is 1. The van der Waals surface area contributed by atoms with Gasteiger partial charge in [0.25, 0.3) is 0 Å². The molecule has 1 aliphatic rings. The number of piperidine rings is 1. The van der Waals surface area contributed by atoms with E-state index in [9.17, 15) is 14.3 Å². The van der Waals surface area contributed by atoms with E-state index in [4.69, 9.17) is 17.3 Å². The molecule has 1 amide bonds. The molecule has 1 fully saturated rings. The maximum Gasteiger partial charge on any atom is 0.249 e. The molecule has 168 valence electrons. The van der Waals surface area contributed by atoms with Gasteiger partial charge in [-0.05, 0) is 69.2 Å². The van der Waals surface area contributed by atoms with Crippen molar-refractivity contribution < 1.29 is 14.3 Å². The third-order valence-electron chi connectivity index (χ3n) is 6.14. The van der Waals surface area contributed by atoms with Gasteiger partial charge in [-0.15, -0.1) is 0 Å². The van der Waals surface area contributed by atoms with Gasteiger partial charge in [0.1, 0.15) is 5.82 Å². The summed E-state index contributed by atoms with van der Waals surface area (Å²) in [5, 5.41) is 12.2. The molecule has 2 unspecified atom stereocenters. The number of rotatable bonds is 8. The van der Waals surface area contributed by atoms with Crippen LogP contribution < -0.4 is 5.73 Å². The van der Waals surface area contributed by atoms with Crippen LogP contribution in [-0.4, -0.2) is 61.1 Å². The number of halogens is 2. The molecule has 7 heteroatoms. The molecule has 2 atom stereocenters. The summed E-state index contributed by atoms with van der Waals surface area (Å²) in [4.78, 5) is 16.4. The summed E-state index contributed by atoms with van der Waals surface area (Å²) < 4.78 is 13.2. The van der Waals surface area contributed by atoms with Crippen molar-refractivity contribution in [3.63, 3.8) is 0 Å². The van der Waals surface area contributed by atoms with E-state index in [0.717, 1.165) is 24.9 Å². The van der Waals surface area contributed by atoms with Crippen LogP contribution in [0.3, 0.4) is 0 Å². The summed E-state index contributed by atoms with van der Waals surface area (Å²) in [6, 6.07) is 11.6. The van der Waals surface area contributed by atoms with Crippen LogP contribution in [0.5, 0.6) is 0 Å². The molecule has 5 nitrogen and oxygen atoms in total. The lowest BCUT2D eigenvalue weighted by atomic mass is 9.74. The Morgan fingerprint density at radius 3 is 2.74 bits per heavy atom. The van der Waals surface area contributed by atoms with Gasteiger partial charge in [0.05, 0.1) is 5.60 Å². The van der Waals surface area contributed by atoms with Crippen LogP contribution in [0.1, 0.15) is 34.3 Å². The number of likely N-dealkylation sites (tertiary alicyclic amines) is 1. The highest BCUT2D eigenvalue weighted by Gasteiger charge is 2.44. The van der Waals surface area contributed by atoms with Crippen molar-refractivity contribution in [2.45, 2.75) is 24.9 Å². The standard InChI is InChI=1S/C24H31ClFN3O2/c1-28(2)15-18-16-29(12-5-6-17-9-10-19(26)14-22(17)25)13-11-24(18,31)21-8-4-3-7-20(21)23(27)30/h3-4,7-10,14,18,31H,5-6,11-13,15-16H2,1-2H3,(H2,27,30). The lowest BCUT2D eigenvalue weighted by Crippen LogP contribution is -2.53. The van der Waals surface area contributed by atoms with Gasteiger partial charge in [0, 0.05) is 36.1 Å². The molecule has 0 bridgehead atoms. The molecule has 0 spiro atoms. The van der Waals surface area contributed by atoms with Crippen molar-refractivity contribution >= 4 is 17.5 Å². The predicted octanol–water partition coefficient (Wildman–Crippen LogP) is 3.28. The van der Waals surface area contributed by atoms with E-state index in [1.165, 1.54) is 12.1 Å². The Hall–Kier alpha value is -1.99. The zero-order valence-electron chi connectivity index (χ0n) is 18.2. The van der Waals surface area contributed by atoms with Crippen LogP contribution in [0.4, 0.5) is 4.39 Å². The second-order valence-electron chi connectivity index (χ2n) is 8.68. The molecule has 0 aromatic heterocycles. The van der Waals surface area contributed by atoms with Gasteiger partial charge in [-0.2, -0.15) is 0 Å². The first-order chi connectivity index (χ1) is 14.7. The fraction of sp³-hybridized carbons (Fsp3) is 0.458. The Bertz CT molecular complexity index is 923. The Balaban J connectivity index is 1.72. The minimum atomic E-state index is -1.12. The van der Waals surface area contributed by atoms with E-state index in [1.54, 1.807) is 18.2 Å². The minimum absolute atomic E-state index is 0.0776. The van der Waals surface area contributed by atoms with Crippen LogP contribution in [0.25, 0.3) is 0 Å². The van der Waals surface area contributed by atoms with Crippen molar-refractivity contribution in [3.8, 4) is 0 Å². The Kier molecular flexibility index (Phi) is 7.70. The van der Waals surface area contributed by atoms with E-state index < -0.39 is 11.5 Å². The summed E-state index contributed by atoms with van der Waals surface area (Å²) in [6.45, 7) is 2.96. The normalized spacial score (nSPS) is 22.1. The van der Waals surface area contributed by atoms with E-state index in [2.05, 4.69) is 9.80 Å². The number of nitrogens with zero attached hydrogens (tertiary/aromatic N) is 2. The van der Waals surface area contributed by atoms with Gasteiger partial charge in [-0.1, -0.05) is 35.9 Å². The molecule has 3 N–H and O–H groups in total.